The van der Waals surface area contributed by atoms with Gasteiger partial charge in [0.05, 0.1) is 24.7 Å². The lowest BCUT2D eigenvalue weighted by Gasteiger charge is -2.14. The molecule has 0 spiro atoms. The number of imide groups is 1. The standard InChI is InChI=1S/C22H29NO6S/c1-6-27-18-9-16(7-8-17(18)28-12-14(2)3)10-19-21(25)23(22(26)30-19)11-20(24)29-13-15(4)5/h7-10,14-15H,6,11-13H2,1-5H3/b19-10-. The Labute approximate surface area is 181 Å². The van der Waals surface area contributed by atoms with Gasteiger partial charge < -0.3 is 14.2 Å². The van der Waals surface area contributed by atoms with Crippen molar-refractivity contribution < 1.29 is 28.6 Å². The third kappa shape index (κ3) is 6.79. The van der Waals surface area contributed by atoms with E-state index < -0.39 is 17.1 Å². The van der Waals surface area contributed by atoms with E-state index in [9.17, 15) is 14.4 Å². The van der Waals surface area contributed by atoms with Crippen molar-refractivity contribution in [3.63, 3.8) is 0 Å². The van der Waals surface area contributed by atoms with Crippen molar-refractivity contribution in [3.8, 4) is 11.5 Å². The van der Waals surface area contributed by atoms with Gasteiger partial charge in [0.1, 0.15) is 6.54 Å². The van der Waals surface area contributed by atoms with Gasteiger partial charge >= 0.3 is 5.97 Å². The molecular weight excluding hydrogens is 406 g/mol. The molecule has 164 valence electrons. The number of amides is 2. The van der Waals surface area contributed by atoms with E-state index in [0.717, 1.165) is 16.7 Å². The summed E-state index contributed by atoms with van der Waals surface area (Å²) in [6.07, 6.45) is 1.61. The summed E-state index contributed by atoms with van der Waals surface area (Å²) < 4.78 is 16.5. The summed E-state index contributed by atoms with van der Waals surface area (Å²) >= 11 is 0.799. The van der Waals surface area contributed by atoms with E-state index >= 15 is 0 Å². The molecule has 1 heterocycles. The van der Waals surface area contributed by atoms with Crippen molar-refractivity contribution in [2.75, 3.05) is 26.4 Å². The van der Waals surface area contributed by atoms with Crippen LogP contribution in [0.5, 0.6) is 11.5 Å². The smallest absolute Gasteiger partial charge is 0.326 e. The molecule has 1 aliphatic heterocycles. The maximum absolute atomic E-state index is 12.6. The monoisotopic (exact) mass is 435 g/mol. The van der Waals surface area contributed by atoms with Crippen molar-refractivity contribution in [1.29, 1.82) is 0 Å². The quantitative estimate of drug-likeness (QED) is 0.399. The zero-order valence-corrected chi connectivity index (χ0v) is 18.9. The second kappa shape index (κ2) is 11.1. The number of hydrogen-bond acceptors (Lipinski definition) is 7. The zero-order chi connectivity index (χ0) is 22.3. The molecule has 8 heteroatoms. The molecule has 2 rings (SSSR count). The molecule has 7 nitrogen and oxygen atoms in total. The number of carbonyl (C=O) groups excluding carboxylic acids is 3. The maximum atomic E-state index is 12.6. The molecule has 0 atom stereocenters. The van der Waals surface area contributed by atoms with Crippen LogP contribution in [0, 0.1) is 11.8 Å². The fourth-order valence-electron chi connectivity index (χ4n) is 2.48. The Hall–Kier alpha value is -2.48. The van der Waals surface area contributed by atoms with E-state index in [2.05, 4.69) is 13.8 Å². The lowest BCUT2D eigenvalue weighted by Crippen LogP contribution is -2.34. The predicted octanol–water partition coefficient (Wildman–Crippen LogP) is 4.36. The van der Waals surface area contributed by atoms with Crippen molar-refractivity contribution in [2.45, 2.75) is 34.6 Å². The third-order valence-corrected chi connectivity index (χ3v) is 4.78. The van der Waals surface area contributed by atoms with E-state index in [4.69, 9.17) is 14.2 Å². The summed E-state index contributed by atoms with van der Waals surface area (Å²) in [5, 5.41) is -0.491. The summed E-state index contributed by atoms with van der Waals surface area (Å²) in [6.45, 7) is 10.7. The molecule has 0 aliphatic carbocycles. The summed E-state index contributed by atoms with van der Waals surface area (Å²) in [4.78, 5) is 37.9. The van der Waals surface area contributed by atoms with Crippen LogP contribution in [0.4, 0.5) is 4.79 Å². The minimum Gasteiger partial charge on any atom is -0.490 e. The number of ether oxygens (including phenoxy) is 3. The largest absolute Gasteiger partial charge is 0.490 e. The van der Waals surface area contributed by atoms with Crippen LogP contribution < -0.4 is 9.47 Å². The molecule has 0 saturated carbocycles. The minimum absolute atomic E-state index is 0.177. The van der Waals surface area contributed by atoms with Crippen molar-refractivity contribution in [1.82, 2.24) is 4.90 Å². The van der Waals surface area contributed by atoms with E-state index in [1.807, 2.05) is 20.8 Å². The van der Waals surface area contributed by atoms with Crippen molar-refractivity contribution in [3.05, 3.63) is 28.7 Å². The number of rotatable bonds is 10. The molecule has 1 fully saturated rings. The van der Waals surface area contributed by atoms with Gasteiger partial charge in [0.15, 0.2) is 11.5 Å². The van der Waals surface area contributed by atoms with Gasteiger partial charge in [-0.3, -0.25) is 19.3 Å². The molecule has 0 N–H and O–H groups in total. The van der Waals surface area contributed by atoms with Crippen LogP contribution in [-0.4, -0.2) is 48.4 Å². The van der Waals surface area contributed by atoms with Crippen LogP contribution in [0.1, 0.15) is 40.2 Å². The van der Waals surface area contributed by atoms with Crippen LogP contribution in [0.2, 0.25) is 0 Å². The van der Waals surface area contributed by atoms with Crippen LogP contribution in [0.3, 0.4) is 0 Å². The van der Waals surface area contributed by atoms with E-state index in [1.54, 1.807) is 24.3 Å². The van der Waals surface area contributed by atoms with Gasteiger partial charge in [0, 0.05) is 0 Å². The lowest BCUT2D eigenvalue weighted by molar-refractivity contribution is -0.147. The van der Waals surface area contributed by atoms with Crippen LogP contribution >= 0.6 is 11.8 Å². The minimum atomic E-state index is -0.600. The average Bonchev–Trinajstić information content (AvgIpc) is 2.93. The molecule has 1 aliphatic rings. The number of benzene rings is 1. The molecule has 1 aromatic rings. The number of nitrogens with zero attached hydrogens (tertiary/aromatic N) is 1. The summed E-state index contributed by atoms with van der Waals surface area (Å²) in [6, 6.07) is 5.35. The first-order chi connectivity index (χ1) is 14.2. The third-order valence-electron chi connectivity index (χ3n) is 3.88. The van der Waals surface area contributed by atoms with Crippen LogP contribution in [0.25, 0.3) is 6.08 Å². The Kier molecular flexibility index (Phi) is 8.77. The van der Waals surface area contributed by atoms with E-state index in [0.29, 0.717) is 36.2 Å². The molecule has 0 aromatic heterocycles. The molecule has 1 aromatic carbocycles. The number of hydrogen-bond donors (Lipinski definition) is 0. The second-order valence-electron chi connectivity index (χ2n) is 7.69. The second-order valence-corrected chi connectivity index (χ2v) is 8.68. The van der Waals surface area contributed by atoms with E-state index in [1.165, 1.54) is 0 Å². The molecule has 0 unspecified atom stereocenters. The van der Waals surface area contributed by atoms with Gasteiger partial charge in [-0.2, -0.15) is 0 Å². The fraction of sp³-hybridized carbons (Fsp3) is 0.500. The predicted molar refractivity (Wildman–Crippen MR) is 116 cm³/mol. The van der Waals surface area contributed by atoms with Crippen LogP contribution in [-0.2, 0) is 14.3 Å². The molecule has 1 saturated heterocycles. The molecule has 30 heavy (non-hydrogen) atoms. The number of esters is 1. The Morgan fingerprint density at radius 3 is 2.40 bits per heavy atom. The van der Waals surface area contributed by atoms with Gasteiger partial charge in [-0.25, -0.2) is 0 Å². The summed E-state index contributed by atoms with van der Waals surface area (Å²) in [5.41, 5.74) is 0.697. The molecular formula is C22H29NO6S. The molecule has 0 radical (unpaired) electrons. The Morgan fingerprint density at radius 2 is 1.77 bits per heavy atom. The Morgan fingerprint density at radius 1 is 1.07 bits per heavy atom. The molecule has 0 bridgehead atoms. The normalized spacial score (nSPS) is 15.4. The van der Waals surface area contributed by atoms with Crippen molar-refractivity contribution >= 4 is 35.0 Å². The zero-order valence-electron chi connectivity index (χ0n) is 18.1. The number of carbonyl (C=O) groups is 3. The van der Waals surface area contributed by atoms with E-state index in [-0.39, 0.29) is 24.0 Å². The topological polar surface area (TPSA) is 82.1 Å². The summed E-state index contributed by atoms with van der Waals surface area (Å²) in [7, 11) is 0. The highest BCUT2D eigenvalue weighted by molar-refractivity contribution is 8.18. The Bertz CT molecular complexity index is 818. The van der Waals surface area contributed by atoms with Gasteiger partial charge in [-0.05, 0) is 54.3 Å². The Balaban J connectivity index is 2.14. The van der Waals surface area contributed by atoms with Crippen molar-refractivity contribution in [2.24, 2.45) is 11.8 Å². The fourth-order valence-corrected chi connectivity index (χ4v) is 3.32. The maximum Gasteiger partial charge on any atom is 0.326 e. The van der Waals surface area contributed by atoms with Gasteiger partial charge in [0.25, 0.3) is 11.1 Å². The summed E-state index contributed by atoms with van der Waals surface area (Å²) in [5.74, 6) is 0.642. The number of thioether (sulfide) groups is 1. The first-order valence-electron chi connectivity index (χ1n) is 10.0. The highest BCUT2D eigenvalue weighted by atomic mass is 32.2. The highest BCUT2D eigenvalue weighted by Gasteiger charge is 2.36. The van der Waals surface area contributed by atoms with Gasteiger partial charge in [-0.1, -0.05) is 33.8 Å². The molecule has 2 amide bonds. The first kappa shape index (κ1) is 23.8. The lowest BCUT2D eigenvalue weighted by atomic mass is 10.1. The van der Waals surface area contributed by atoms with Gasteiger partial charge in [-0.15, -0.1) is 0 Å². The SMILES string of the molecule is CCOc1cc(/C=C2\SC(=O)N(CC(=O)OCC(C)C)C2=O)ccc1OCC(C)C. The first-order valence-corrected chi connectivity index (χ1v) is 10.8. The van der Waals surface area contributed by atoms with Crippen LogP contribution in [0.15, 0.2) is 23.1 Å². The highest BCUT2D eigenvalue weighted by Crippen LogP contribution is 2.34. The van der Waals surface area contributed by atoms with Gasteiger partial charge in [0.2, 0.25) is 0 Å². The average molecular weight is 436 g/mol.